The van der Waals surface area contributed by atoms with Crippen LogP contribution in [0, 0.1) is 0 Å². The maximum atomic E-state index is 11.1. The molecule has 0 aliphatic heterocycles. The first-order valence-corrected chi connectivity index (χ1v) is 10.3. The third kappa shape index (κ3) is 3.95. The van der Waals surface area contributed by atoms with Gasteiger partial charge >= 0.3 is 11.9 Å². The first-order chi connectivity index (χ1) is 15.4. The minimum atomic E-state index is -0.948. The van der Waals surface area contributed by atoms with Crippen molar-refractivity contribution >= 4 is 33.5 Å². The molecule has 4 aromatic carbocycles. The number of hydrogen-bond donors (Lipinski definition) is 2. The molecule has 160 valence electrons. The summed E-state index contributed by atoms with van der Waals surface area (Å²) in [6.07, 6.45) is 1.77. The maximum absolute atomic E-state index is 11.1. The second kappa shape index (κ2) is 7.57. The van der Waals surface area contributed by atoms with Gasteiger partial charge in [-0.3, -0.25) is 0 Å². The van der Waals surface area contributed by atoms with Crippen molar-refractivity contribution in [1.29, 1.82) is 0 Å². The fraction of sp³-hybridized carbons (Fsp3) is 0.154. The van der Waals surface area contributed by atoms with Crippen LogP contribution in [0.2, 0.25) is 0 Å². The van der Waals surface area contributed by atoms with E-state index in [0.29, 0.717) is 12.4 Å². The monoisotopic (exact) mass is 428 g/mol. The van der Waals surface area contributed by atoms with E-state index in [4.69, 9.17) is 19.7 Å². The Morgan fingerprint density at radius 1 is 0.688 bits per heavy atom. The topological polar surface area (TPSA) is 93.1 Å². The van der Waals surface area contributed by atoms with Crippen molar-refractivity contribution < 1.29 is 29.3 Å². The van der Waals surface area contributed by atoms with Gasteiger partial charge in [0.1, 0.15) is 23.7 Å². The van der Waals surface area contributed by atoms with Crippen molar-refractivity contribution in [3.05, 3.63) is 83.9 Å². The minimum absolute atomic E-state index is 0.256. The molecular weight excluding hydrogens is 408 g/mol. The van der Waals surface area contributed by atoms with E-state index in [1.54, 1.807) is 36.4 Å². The fourth-order valence-corrected chi connectivity index (χ4v) is 3.75. The van der Waals surface area contributed by atoms with Crippen LogP contribution in [0.25, 0.3) is 21.5 Å². The van der Waals surface area contributed by atoms with Crippen molar-refractivity contribution in [2.45, 2.75) is 18.4 Å². The molecule has 0 saturated heterocycles. The summed E-state index contributed by atoms with van der Waals surface area (Å²) in [5, 5.41) is 21.8. The molecule has 4 aromatic rings. The van der Waals surface area contributed by atoms with Crippen LogP contribution >= 0.6 is 0 Å². The van der Waals surface area contributed by atoms with Gasteiger partial charge in [-0.1, -0.05) is 24.3 Å². The number of carboxylic acid groups (broad SMARTS) is 2. The lowest BCUT2D eigenvalue weighted by molar-refractivity contribution is 0.0686. The molecule has 1 aliphatic carbocycles. The van der Waals surface area contributed by atoms with Gasteiger partial charge < -0.3 is 19.7 Å². The quantitative estimate of drug-likeness (QED) is 0.411. The molecule has 2 N–H and O–H groups in total. The molecule has 0 amide bonds. The molecule has 0 heterocycles. The summed E-state index contributed by atoms with van der Waals surface area (Å²) in [4.78, 5) is 22.3. The van der Waals surface area contributed by atoms with E-state index >= 15 is 0 Å². The van der Waals surface area contributed by atoms with Gasteiger partial charge in [-0.25, -0.2) is 9.59 Å². The molecule has 0 radical (unpaired) electrons. The van der Waals surface area contributed by atoms with Gasteiger partial charge in [0.05, 0.1) is 11.1 Å². The minimum Gasteiger partial charge on any atom is -0.489 e. The summed E-state index contributed by atoms with van der Waals surface area (Å²) in [5.74, 6) is -0.468. The van der Waals surface area contributed by atoms with Gasteiger partial charge in [-0.15, -0.1) is 0 Å². The summed E-state index contributed by atoms with van der Waals surface area (Å²) in [6, 6.07) is 21.2. The van der Waals surface area contributed by atoms with Crippen LogP contribution in [0.3, 0.4) is 0 Å². The number of carbonyl (C=O) groups is 2. The van der Waals surface area contributed by atoms with Crippen molar-refractivity contribution in [2.75, 3.05) is 6.61 Å². The lowest BCUT2D eigenvalue weighted by atomic mass is 10.1. The highest BCUT2D eigenvalue weighted by Crippen LogP contribution is 2.41. The average Bonchev–Trinajstić information content (AvgIpc) is 3.56. The summed E-state index contributed by atoms with van der Waals surface area (Å²) >= 11 is 0. The largest absolute Gasteiger partial charge is 0.489 e. The molecule has 1 aliphatic rings. The highest BCUT2D eigenvalue weighted by atomic mass is 16.5. The summed E-state index contributed by atoms with van der Waals surface area (Å²) in [6.45, 7) is 0.404. The number of aromatic carboxylic acids is 2. The molecule has 0 unspecified atom stereocenters. The van der Waals surface area contributed by atoms with Gasteiger partial charge in [0.25, 0.3) is 0 Å². The van der Waals surface area contributed by atoms with Gasteiger partial charge in [0, 0.05) is 0 Å². The predicted molar refractivity (Wildman–Crippen MR) is 120 cm³/mol. The van der Waals surface area contributed by atoms with Crippen molar-refractivity contribution in [2.24, 2.45) is 0 Å². The molecule has 5 rings (SSSR count). The van der Waals surface area contributed by atoms with Crippen LogP contribution in [-0.4, -0.2) is 34.4 Å². The van der Waals surface area contributed by atoms with E-state index in [1.165, 1.54) is 0 Å². The number of benzene rings is 4. The smallest absolute Gasteiger partial charge is 0.335 e. The van der Waals surface area contributed by atoms with E-state index in [2.05, 4.69) is 0 Å². The van der Waals surface area contributed by atoms with E-state index in [-0.39, 0.29) is 16.7 Å². The highest BCUT2D eigenvalue weighted by molar-refractivity contribution is 5.95. The number of hydrogen-bond acceptors (Lipinski definition) is 4. The van der Waals surface area contributed by atoms with E-state index in [1.807, 2.05) is 36.4 Å². The van der Waals surface area contributed by atoms with Crippen LogP contribution in [0.5, 0.6) is 11.5 Å². The SMILES string of the molecule is O=C(O)c1ccc2cc(OCC3(Oc4ccc5cc(C(=O)O)ccc5c4)CC3)ccc2c1. The van der Waals surface area contributed by atoms with Crippen LogP contribution in [0.4, 0.5) is 0 Å². The standard InChI is InChI=1S/C26H20O6/c27-24(28)20-3-1-18-13-22(7-5-16(18)11-20)31-15-26(9-10-26)32-23-8-6-17-12-21(25(29)30)4-2-19(17)14-23/h1-8,11-14H,9-10,15H2,(H,27,28)(H,29,30). The summed E-state index contributed by atoms with van der Waals surface area (Å²) in [7, 11) is 0. The number of ether oxygens (including phenoxy) is 2. The van der Waals surface area contributed by atoms with Crippen molar-refractivity contribution in [3.63, 3.8) is 0 Å². The molecule has 0 spiro atoms. The normalized spacial score (nSPS) is 14.2. The Morgan fingerprint density at radius 3 is 1.69 bits per heavy atom. The van der Waals surface area contributed by atoms with Crippen LogP contribution in [0.1, 0.15) is 33.6 Å². The Morgan fingerprint density at radius 2 is 1.16 bits per heavy atom. The maximum Gasteiger partial charge on any atom is 0.335 e. The summed E-state index contributed by atoms with van der Waals surface area (Å²) < 4.78 is 12.3. The third-order valence-electron chi connectivity index (χ3n) is 5.76. The number of rotatable bonds is 7. The molecule has 0 bridgehead atoms. The zero-order valence-electron chi connectivity index (χ0n) is 17.1. The Hall–Kier alpha value is -4.06. The van der Waals surface area contributed by atoms with Crippen LogP contribution < -0.4 is 9.47 Å². The lowest BCUT2D eigenvalue weighted by Crippen LogP contribution is -2.26. The molecule has 32 heavy (non-hydrogen) atoms. The Bertz CT molecular complexity index is 1370. The van der Waals surface area contributed by atoms with Crippen LogP contribution in [-0.2, 0) is 0 Å². The Labute approximate surface area is 183 Å². The highest BCUT2D eigenvalue weighted by Gasteiger charge is 2.46. The Balaban J connectivity index is 1.28. The lowest BCUT2D eigenvalue weighted by Gasteiger charge is -2.19. The Kier molecular flexibility index (Phi) is 4.70. The number of fused-ring (bicyclic) bond motifs is 2. The van der Waals surface area contributed by atoms with E-state index < -0.39 is 11.9 Å². The van der Waals surface area contributed by atoms with E-state index in [0.717, 1.165) is 40.1 Å². The average molecular weight is 428 g/mol. The molecular formula is C26H20O6. The number of carboxylic acids is 2. The molecule has 0 atom stereocenters. The summed E-state index contributed by atoms with van der Waals surface area (Å²) in [5.41, 5.74) is 0.135. The van der Waals surface area contributed by atoms with Crippen LogP contribution in [0.15, 0.2) is 72.8 Å². The zero-order valence-corrected chi connectivity index (χ0v) is 17.1. The fourth-order valence-electron chi connectivity index (χ4n) is 3.75. The third-order valence-corrected chi connectivity index (χ3v) is 5.76. The first-order valence-electron chi connectivity index (χ1n) is 10.3. The molecule has 6 heteroatoms. The van der Waals surface area contributed by atoms with Crippen molar-refractivity contribution in [1.82, 2.24) is 0 Å². The second-order valence-corrected chi connectivity index (χ2v) is 8.13. The van der Waals surface area contributed by atoms with Gasteiger partial charge in [-0.2, -0.15) is 0 Å². The van der Waals surface area contributed by atoms with E-state index in [9.17, 15) is 9.59 Å². The van der Waals surface area contributed by atoms with Gasteiger partial charge in [0.2, 0.25) is 0 Å². The van der Waals surface area contributed by atoms with Gasteiger partial charge in [-0.05, 0) is 82.9 Å². The van der Waals surface area contributed by atoms with Gasteiger partial charge in [0.15, 0.2) is 0 Å². The zero-order chi connectivity index (χ0) is 22.3. The molecule has 0 aromatic heterocycles. The molecule has 1 saturated carbocycles. The predicted octanol–water partition coefficient (Wildman–Crippen LogP) is 5.38. The molecule has 6 nitrogen and oxygen atoms in total. The molecule has 1 fully saturated rings. The first kappa shape index (κ1) is 19.9. The van der Waals surface area contributed by atoms with Crippen molar-refractivity contribution in [3.8, 4) is 11.5 Å². The second-order valence-electron chi connectivity index (χ2n) is 8.13.